The van der Waals surface area contributed by atoms with Gasteiger partial charge in [-0.15, -0.1) is 0 Å². The molecular formula is C24H30N2O5. The Labute approximate surface area is 183 Å². The van der Waals surface area contributed by atoms with E-state index in [0.29, 0.717) is 29.3 Å². The van der Waals surface area contributed by atoms with Crippen molar-refractivity contribution in [1.29, 1.82) is 0 Å². The minimum Gasteiger partial charge on any atom is -0.497 e. The van der Waals surface area contributed by atoms with E-state index in [-0.39, 0.29) is 11.9 Å². The van der Waals surface area contributed by atoms with Crippen LogP contribution in [-0.2, 0) is 4.74 Å². The number of hydrogen-bond donors (Lipinski definition) is 1. The third-order valence-electron chi connectivity index (χ3n) is 5.09. The van der Waals surface area contributed by atoms with Crippen LogP contribution in [-0.4, -0.2) is 43.3 Å². The van der Waals surface area contributed by atoms with Gasteiger partial charge in [0.2, 0.25) is 0 Å². The van der Waals surface area contributed by atoms with Crippen molar-refractivity contribution in [2.24, 2.45) is 0 Å². The maximum atomic E-state index is 13.2. The first-order valence-corrected chi connectivity index (χ1v) is 10.3. The number of amides is 2. The van der Waals surface area contributed by atoms with Crippen molar-refractivity contribution in [3.8, 4) is 11.5 Å². The van der Waals surface area contributed by atoms with E-state index in [9.17, 15) is 9.59 Å². The Bertz CT molecular complexity index is 934. The molecule has 3 rings (SSSR count). The van der Waals surface area contributed by atoms with Gasteiger partial charge in [-0.05, 0) is 70.0 Å². The third-order valence-corrected chi connectivity index (χ3v) is 5.09. The predicted octanol–water partition coefficient (Wildman–Crippen LogP) is 5.03. The summed E-state index contributed by atoms with van der Waals surface area (Å²) < 4.78 is 16.1. The molecule has 0 aliphatic carbocycles. The Hall–Kier alpha value is -3.22. The van der Waals surface area contributed by atoms with Crippen LogP contribution in [0.5, 0.6) is 11.5 Å². The summed E-state index contributed by atoms with van der Waals surface area (Å²) >= 11 is 0. The molecule has 0 saturated carbocycles. The van der Waals surface area contributed by atoms with Crippen LogP contribution < -0.4 is 14.8 Å². The molecule has 1 fully saturated rings. The highest BCUT2D eigenvalue weighted by Gasteiger charge is 2.32. The van der Waals surface area contributed by atoms with E-state index in [0.717, 1.165) is 18.4 Å². The number of anilines is 1. The van der Waals surface area contributed by atoms with Crippen molar-refractivity contribution in [2.75, 3.05) is 26.1 Å². The lowest BCUT2D eigenvalue weighted by molar-refractivity contribution is 0.0635. The lowest BCUT2D eigenvalue weighted by atomic mass is 10.0. The van der Waals surface area contributed by atoms with Gasteiger partial charge in [0.05, 0.1) is 20.3 Å². The molecule has 7 heteroatoms. The zero-order valence-corrected chi connectivity index (χ0v) is 18.7. The number of nitrogens with one attached hydrogen (secondary N) is 1. The van der Waals surface area contributed by atoms with Crippen LogP contribution in [0.25, 0.3) is 0 Å². The van der Waals surface area contributed by atoms with Crippen LogP contribution in [0.1, 0.15) is 55.6 Å². The Morgan fingerprint density at radius 2 is 1.74 bits per heavy atom. The van der Waals surface area contributed by atoms with E-state index >= 15 is 0 Å². The first-order valence-electron chi connectivity index (χ1n) is 10.3. The molecule has 1 atom stereocenters. The zero-order chi connectivity index (χ0) is 22.6. The molecule has 1 aliphatic heterocycles. The standard InChI is InChI=1S/C24H30N2O5/c1-24(2,3)31-23(28)25-17-10-8-16(9-11-17)22(27)26-14-6-7-20(26)19-13-12-18(29-4)15-21(19)30-5/h8-13,15,20H,6-7,14H2,1-5H3,(H,25,28). The quantitative estimate of drug-likeness (QED) is 0.726. The number of hydrogen-bond acceptors (Lipinski definition) is 5. The Morgan fingerprint density at radius 3 is 2.35 bits per heavy atom. The topological polar surface area (TPSA) is 77.1 Å². The third kappa shape index (κ3) is 5.48. The van der Waals surface area contributed by atoms with E-state index in [2.05, 4.69) is 5.32 Å². The number of rotatable bonds is 5. The molecule has 7 nitrogen and oxygen atoms in total. The van der Waals surface area contributed by atoms with Gasteiger partial charge in [-0.1, -0.05) is 0 Å². The first-order chi connectivity index (χ1) is 14.7. The average Bonchev–Trinajstić information content (AvgIpc) is 3.21. The van der Waals surface area contributed by atoms with Gasteiger partial charge in [0.15, 0.2) is 0 Å². The van der Waals surface area contributed by atoms with Crippen LogP contribution >= 0.6 is 0 Å². The predicted molar refractivity (Wildman–Crippen MR) is 119 cm³/mol. The smallest absolute Gasteiger partial charge is 0.412 e. The SMILES string of the molecule is COc1ccc(C2CCCN2C(=O)c2ccc(NC(=O)OC(C)(C)C)cc2)c(OC)c1. The van der Waals surface area contributed by atoms with Crippen LogP contribution in [0.4, 0.5) is 10.5 Å². The van der Waals surface area contributed by atoms with E-state index in [1.807, 2.05) is 23.1 Å². The Morgan fingerprint density at radius 1 is 1.03 bits per heavy atom. The monoisotopic (exact) mass is 426 g/mol. The van der Waals surface area contributed by atoms with E-state index in [1.165, 1.54) is 0 Å². The minimum absolute atomic E-state index is 0.0517. The lowest BCUT2D eigenvalue weighted by Crippen LogP contribution is -2.30. The number of carbonyl (C=O) groups excluding carboxylic acids is 2. The molecule has 0 radical (unpaired) electrons. The highest BCUT2D eigenvalue weighted by molar-refractivity contribution is 5.95. The molecule has 31 heavy (non-hydrogen) atoms. The highest BCUT2D eigenvalue weighted by atomic mass is 16.6. The average molecular weight is 427 g/mol. The molecule has 0 bridgehead atoms. The minimum atomic E-state index is -0.576. The van der Waals surface area contributed by atoms with Crippen molar-refractivity contribution >= 4 is 17.7 Å². The number of nitrogens with zero attached hydrogens (tertiary/aromatic N) is 1. The molecule has 1 N–H and O–H groups in total. The van der Waals surface area contributed by atoms with E-state index < -0.39 is 11.7 Å². The maximum Gasteiger partial charge on any atom is 0.412 e. The second-order valence-electron chi connectivity index (χ2n) is 8.47. The Kier molecular flexibility index (Phi) is 6.73. The molecular weight excluding hydrogens is 396 g/mol. The number of ether oxygens (including phenoxy) is 3. The summed E-state index contributed by atoms with van der Waals surface area (Å²) in [6.07, 6.45) is 1.26. The summed E-state index contributed by atoms with van der Waals surface area (Å²) in [5.41, 5.74) is 1.53. The largest absolute Gasteiger partial charge is 0.497 e. The van der Waals surface area contributed by atoms with Crippen molar-refractivity contribution < 1.29 is 23.8 Å². The number of likely N-dealkylation sites (tertiary alicyclic amines) is 1. The maximum absolute atomic E-state index is 13.2. The molecule has 0 aromatic heterocycles. The van der Waals surface area contributed by atoms with Crippen LogP contribution in [0.3, 0.4) is 0 Å². The molecule has 2 amide bonds. The molecule has 2 aromatic carbocycles. The molecule has 1 unspecified atom stereocenters. The number of methoxy groups -OCH3 is 2. The molecule has 0 spiro atoms. The summed E-state index contributed by atoms with van der Waals surface area (Å²) in [5.74, 6) is 1.37. The van der Waals surface area contributed by atoms with Crippen molar-refractivity contribution in [1.82, 2.24) is 4.90 Å². The Balaban J connectivity index is 1.74. The second-order valence-corrected chi connectivity index (χ2v) is 8.47. The van der Waals surface area contributed by atoms with Gasteiger partial charge in [-0.3, -0.25) is 10.1 Å². The van der Waals surface area contributed by atoms with Crippen molar-refractivity contribution in [3.63, 3.8) is 0 Å². The van der Waals surface area contributed by atoms with Crippen molar-refractivity contribution in [3.05, 3.63) is 53.6 Å². The molecule has 1 saturated heterocycles. The van der Waals surface area contributed by atoms with Gasteiger partial charge in [-0.25, -0.2) is 4.79 Å². The second kappa shape index (κ2) is 9.29. The molecule has 1 heterocycles. The lowest BCUT2D eigenvalue weighted by Gasteiger charge is -2.27. The summed E-state index contributed by atoms with van der Waals surface area (Å²) in [6.45, 7) is 6.09. The normalized spacial score (nSPS) is 16.0. The van der Waals surface area contributed by atoms with Gasteiger partial charge < -0.3 is 19.1 Å². The van der Waals surface area contributed by atoms with Gasteiger partial charge in [-0.2, -0.15) is 0 Å². The van der Waals surface area contributed by atoms with Crippen LogP contribution in [0, 0.1) is 0 Å². The van der Waals surface area contributed by atoms with Gasteiger partial charge in [0, 0.05) is 29.4 Å². The van der Waals surface area contributed by atoms with E-state index in [4.69, 9.17) is 14.2 Å². The highest BCUT2D eigenvalue weighted by Crippen LogP contribution is 2.39. The number of benzene rings is 2. The first kappa shape index (κ1) is 22.5. The van der Waals surface area contributed by atoms with Gasteiger partial charge >= 0.3 is 6.09 Å². The summed E-state index contributed by atoms with van der Waals surface area (Å²) in [7, 11) is 3.23. The van der Waals surface area contributed by atoms with Gasteiger partial charge in [0.1, 0.15) is 17.1 Å². The number of carbonyl (C=O) groups is 2. The van der Waals surface area contributed by atoms with Gasteiger partial charge in [0.25, 0.3) is 5.91 Å². The fourth-order valence-electron chi connectivity index (χ4n) is 3.71. The van der Waals surface area contributed by atoms with Crippen molar-refractivity contribution in [2.45, 2.75) is 45.3 Å². The fourth-order valence-corrected chi connectivity index (χ4v) is 3.71. The van der Waals surface area contributed by atoms with E-state index in [1.54, 1.807) is 59.3 Å². The molecule has 2 aromatic rings. The summed E-state index contributed by atoms with van der Waals surface area (Å²) in [6, 6.07) is 12.5. The van der Waals surface area contributed by atoms with Crippen LogP contribution in [0.2, 0.25) is 0 Å². The zero-order valence-electron chi connectivity index (χ0n) is 18.7. The van der Waals surface area contributed by atoms with Crippen LogP contribution in [0.15, 0.2) is 42.5 Å². The summed E-state index contributed by atoms with van der Waals surface area (Å²) in [4.78, 5) is 27.0. The molecule has 166 valence electrons. The summed E-state index contributed by atoms with van der Waals surface area (Å²) in [5, 5.41) is 2.68. The molecule has 1 aliphatic rings. The fraction of sp³-hybridized carbons (Fsp3) is 0.417.